The maximum Gasteiger partial charge on any atom is 0.245 e. The number of nitrogens with zero attached hydrogens (tertiary/aromatic N) is 1. The molecule has 0 spiro atoms. The summed E-state index contributed by atoms with van der Waals surface area (Å²) in [6.07, 6.45) is 0.586. The van der Waals surface area contributed by atoms with Crippen LogP contribution in [0, 0.1) is 13.8 Å². The van der Waals surface area contributed by atoms with Gasteiger partial charge in [-0.15, -0.1) is 12.4 Å². The average molecular weight is 332 g/mol. The van der Waals surface area contributed by atoms with E-state index in [0.29, 0.717) is 30.1 Å². The number of rotatable bonds is 5. The summed E-state index contributed by atoms with van der Waals surface area (Å²) < 4.78 is 31.7. The van der Waals surface area contributed by atoms with Crippen molar-refractivity contribution >= 4 is 28.1 Å². The lowest BCUT2D eigenvalue weighted by Gasteiger charge is -2.06. The fourth-order valence-corrected chi connectivity index (χ4v) is 3.30. The SMILES string of the molecule is Cc1noc(C)c1S(=O)(=O)NCCc1ccc(N)cc1.Cl. The first-order valence-electron chi connectivity index (χ1n) is 6.17. The van der Waals surface area contributed by atoms with Crippen molar-refractivity contribution in [2.24, 2.45) is 0 Å². The normalized spacial score (nSPS) is 11.1. The van der Waals surface area contributed by atoms with Crippen LogP contribution in [0.5, 0.6) is 0 Å². The van der Waals surface area contributed by atoms with Gasteiger partial charge in [-0.2, -0.15) is 0 Å². The van der Waals surface area contributed by atoms with Crippen molar-refractivity contribution < 1.29 is 12.9 Å². The Balaban J connectivity index is 0.00000220. The standard InChI is InChI=1S/C13H17N3O3S.ClH/c1-9-13(10(2)19-16-9)20(17,18)15-8-7-11-3-5-12(14)6-4-11;/h3-6,15H,7-8,14H2,1-2H3;1H. The van der Waals surface area contributed by atoms with Crippen molar-refractivity contribution in [1.29, 1.82) is 0 Å². The van der Waals surface area contributed by atoms with E-state index in [2.05, 4.69) is 9.88 Å². The number of aromatic nitrogens is 1. The predicted octanol–water partition coefficient (Wildman–Crippen LogP) is 1.82. The van der Waals surface area contributed by atoms with Crippen molar-refractivity contribution in [2.45, 2.75) is 25.2 Å². The van der Waals surface area contributed by atoms with Gasteiger partial charge in [0.15, 0.2) is 5.76 Å². The van der Waals surface area contributed by atoms with Crippen molar-refractivity contribution in [2.75, 3.05) is 12.3 Å². The smallest absolute Gasteiger partial charge is 0.245 e. The second-order valence-corrected chi connectivity index (χ2v) is 6.25. The van der Waals surface area contributed by atoms with Gasteiger partial charge in [-0.3, -0.25) is 0 Å². The van der Waals surface area contributed by atoms with Crippen LogP contribution in [0.1, 0.15) is 17.0 Å². The fraction of sp³-hybridized carbons (Fsp3) is 0.308. The van der Waals surface area contributed by atoms with E-state index < -0.39 is 10.0 Å². The second kappa shape index (κ2) is 6.93. The van der Waals surface area contributed by atoms with Gasteiger partial charge in [-0.05, 0) is 38.0 Å². The maximum absolute atomic E-state index is 12.1. The zero-order valence-corrected chi connectivity index (χ0v) is 13.4. The third-order valence-electron chi connectivity index (χ3n) is 2.92. The first-order valence-corrected chi connectivity index (χ1v) is 7.65. The molecule has 116 valence electrons. The van der Waals surface area contributed by atoms with E-state index in [0.717, 1.165) is 5.56 Å². The molecule has 1 aromatic carbocycles. The number of hydrogen-bond donors (Lipinski definition) is 2. The Bertz CT molecular complexity index is 676. The minimum atomic E-state index is -3.59. The fourth-order valence-electron chi connectivity index (χ4n) is 1.94. The molecule has 1 heterocycles. The summed E-state index contributed by atoms with van der Waals surface area (Å²) in [5.74, 6) is 0.294. The quantitative estimate of drug-likeness (QED) is 0.814. The van der Waals surface area contributed by atoms with E-state index in [9.17, 15) is 8.42 Å². The lowest BCUT2D eigenvalue weighted by Crippen LogP contribution is -2.26. The topological polar surface area (TPSA) is 98.2 Å². The number of nitrogen functional groups attached to an aromatic ring is 1. The first-order chi connectivity index (χ1) is 9.40. The lowest BCUT2D eigenvalue weighted by molar-refractivity contribution is 0.390. The van der Waals surface area contributed by atoms with Gasteiger partial charge in [0.05, 0.1) is 0 Å². The summed E-state index contributed by atoms with van der Waals surface area (Å²) in [6, 6.07) is 7.33. The molecule has 0 saturated heterocycles. The van der Waals surface area contributed by atoms with Crippen LogP contribution >= 0.6 is 12.4 Å². The van der Waals surface area contributed by atoms with Crippen molar-refractivity contribution in [3.63, 3.8) is 0 Å². The highest BCUT2D eigenvalue weighted by Crippen LogP contribution is 2.18. The Morgan fingerprint density at radius 3 is 2.38 bits per heavy atom. The summed E-state index contributed by atoms with van der Waals surface area (Å²) in [7, 11) is -3.59. The van der Waals surface area contributed by atoms with Crippen molar-refractivity contribution in [1.82, 2.24) is 9.88 Å². The Kier molecular flexibility index (Phi) is 5.77. The Morgan fingerprint density at radius 2 is 1.86 bits per heavy atom. The predicted molar refractivity (Wildman–Crippen MR) is 83.0 cm³/mol. The largest absolute Gasteiger partial charge is 0.399 e. The molecule has 0 aliphatic carbocycles. The minimum Gasteiger partial charge on any atom is -0.399 e. The van der Waals surface area contributed by atoms with Crippen molar-refractivity contribution in [3.05, 3.63) is 41.3 Å². The molecule has 8 heteroatoms. The molecule has 0 bridgehead atoms. The number of anilines is 1. The molecule has 0 fully saturated rings. The number of hydrogen-bond acceptors (Lipinski definition) is 5. The number of sulfonamides is 1. The molecule has 21 heavy (non-hydrogen) atoms. The molecule has 1 aromatic heterocycles. The zero-order valence-electron chi connectivity index (χ0n) is 11.8. The Morgan fingerprint density at radius 1 is 1.24 bits per heavy atom. The lowest BCUT2D eigenvalue weighted by atomic mass is 10.1. The summed E-state index contributed by atoms with van der Waals surface area (Å²) in [5.41, 5.74) is 7.66. The second-order valence-electron chi connectivity index (χ2n) is 4.54. The molecule has 0 amide bonds. The van der Waals surface area contributed by atoms with Crippen molar-refractivity contribution in [3.8, 4) is 0 Å². The van der Waals surface area contributed by atoms with Crippen LogP contribution in [-0.2, 0) is 16.4 Å². The Hall–Kier alpha value is -1.57. The number of nitrogens with two attached hydrogens (primary N) is 1. The van der Waals surface area contributed by atoms with E-state index in [1.165, 1.54) is 0 Å². The number of nitrogens with one attached hydrogen (secondary N) is 1. The van der Waals surface area contributed by atoms with Gasteiger partial charge in [0, 0.05) is 12.2 Å². The molecular weight excluding hydrogens is 314 g/mol. The highest BCUT2D eigenvalue weighted by molar-refractivity contribution is 7.89. The van der Waals surface area contributed by atoms with Crippen LogP contribution in [0.2, 0.25) is 0 Å². The molecule has 0 aliphatic rings. The molecule has 2 rings (SSSR count). The van der Waals surface area contributed by atoms with Gasteiger partial charge < -0.3 is 10.3 Å². The summed E-state index contributed by atoms with van der Waals surface area (Å²) in [6.45, 7) is 3.48. The molecule has 0 radical (unpaired) electrons. The minimum absolute atomic E-state index is 0. The highest BCUT2D eigenvalue weighted by atomic mass is 35.5. The summed E-state index contributed by atoms with van der Waals surface area (Å²) in [4.78, 5) is 0.120. The van der Waals surface area contributed by atoms with Crippen LogP contribution in [0.4, 0.5) is 5.69 Å². The van der Waals surface area contributed by atoms with E-state index in [4.69, 9.17) is 10.3 Å². The molecule has 2 aromatic rings. The van der Waals surface area contributed by atoms with Gasteiger partial charge >= 0.3 is 0 Å². The van der Waals surface area contributed by atoms with Gasteiger partial charge in [0.2, 0.25) is 10.0 Å². The van der Waals surface area contributed by atoms with Gasteiger partial charge in [-0.25, -0.2) is 13.1 Å². The van der Waals surface area contributed by atoms with E-state index >= 15 is 0 Å². The average Bonchev–Trinajstić information content (AvgIpc) is 2.72. The van der Waals surface area contributed by atoms with Gasteiger partial charge in [-0.1, -0.05) is 17.3 Å². The number of aryl methyl sites for hydroxylation is 2. The van der Waals surface area contributed by atoms with Crippen LogP contribution < -0.4 is 10.5 Å². The molecule has 6 nitrogen and oxygen atoms in total. The highest BCUT2D eigenvalue weighted by Gasteiger charge is 2.23. The van der Waals surface area contributed by atoms with Gasteiger partial charge in [0.25, 0.3) is 0 Å². The molecule has 0 unspecified atom stereocenters. The first kappa shape index (κ1) is 17.5. The van der Waals surface area contributed by atoms with E-state index in [-0.39, 0.29) is 17.3 Å². The van der Waals surface area contributed by atoms with Crippen LogP contribution in [0.3, 0.4) is 0 Å². The third-order valence-corrected chi connectivity index (χ3v) is 4.63. The summed E-state index contributed by atoms with van der Waals surface area (Å²) >= 11 is 0. The molecule has 0 saturated carbocycles. The summed E-state index contributed by atoms with van der Waals surface area (Å²) in [5, 5.41) is 3.65. The third kappa shape index (κ3) is 4.20. The van der Waals surface area contributed by atoms with Crippen LogP contribution in [-0.4, -0.2) is 20.1 Å². The number of halogens is 1. The maximum atomic E-state index is 12.1. The monoisotopic (exact) mass is 331 g/mol. The molecule has 0 aliphatic heterocycles. The van der Waals surface area contributed by atoms with E-state index in [1.54, 1.807) is 26.0 Å². The number of benzene rings is 1. The molecular formula is C13H18ClN3O3S. The van der Waals surface area contributed by atoms with E-state index in [1.807, 2.05) is 12.1 Å². The van der Waals surface area contributed by atoms with Crippen LogP contribution in [0.25, 0.3) is 0 Å². The zero-order chi connectivity index (χ0) is 14.8. The molecule has 3 N–H and O–H groups in total. The molecule has 0 atom stereocenters. The van der Waals surface area contributed by atoms with Crippen LogP contribution in [0.15, 0.2) is 33.7 Å². The van der Waals surface area contributed by atoms with Gasteiger partial charge in [0.1, 0.15) is 10.6 Å². The Labute approximate surface area is 130 Å².